The lowest BCUT2D eigenvalue weighted by Gasteiger charge is -2.16. The molecule has 0 saturated heterocycles. The number of thiazole rings is 1. The van der Waals surface area contributed by atoms with Crippen LogP contribution in [0.15, 0.2) is 22.5 Å². The van der Waals surface area contributed by atoms with E-state index in [0.717, 1.165) is 41.6 Å². The highest BCUT2D eigenvalue weighted by Gasteiger charge is 2.15. The molecule has 0 spiro atoms. The molecule has 156 valence electrons. The van der Waals surface area contributed by atoms with Crippen LogP contribution in [0.3, 0.4) is 0 Å². The van der Waals surface area contributed by atoms with Crippen molar-refractivity contribution in [2.24, 2.45) is 4.99 Å². The summed E-state index contributed by atoms with van der Waals surface area (Å²) in [6, 6.07) is 3.88. The van der Waals surface area contributed by atoms with Gasteiger partial charge in [-0.25, -0.2) is 4.98 Å². The zero-order chi connectivity index (χ0) is 19.6. The number of aliphatic imine (C=N–C) groups is 1. The summed E-state index contributed by atoms with van der Waals surface area (Å²) in [5, 5.41) is 9.82. The lowest BCUT2D eigenvalue weighted by Crippen LogP contribution is -2.39. The molecule has 0 bridgehead atoms. The van der Waals surface area contributed by atoms with Gasteiger partial charge in [-0.15, -0.1) is 35.3 Å². The Morgan fingerprint density at radius 1 is 1.04 bits per heavy atom. The molecule has 0 amide bonds. The summed E-state index contributed by atoms with van der Waals surface area (Å²) in [7, 11) is 6.62. The van der Waals surface area contributed by atoms with Gasteiger partial charge in [-0.05, 0) is 19.4 Å². The minimum absolute atomic E-state index is 0. The number of hydrogen-bond acceptors (Lipinski definition) is 6. The van der Waals surface area contributed by atoms with E-state index in [4.69, 9.17) is 14.2 Å². The highest BCUT2D eigenvalue weighted by atomic mass is 127. The van der Waals surface area contributed by atoms with E-state index >= 15 is 0 Å². The molecule has 1 aromatic heterocycles. The standard InChI is InChI=1S/C19H28N4O3S.HI/c1-13-23-15(12-27-13)9-11-22-19(20-2)21-10-8-14-6-7-16(24-3)18(26-5)17(14)25-4;/h6-7,12H,8-11H2,1-5H3,(H2,20,21,22);1H. The van der Waals surface area contributed by atoms with Gasteiger partial charge in [-0.3, -0.25) is 4.99 Å². The number of aryl methyl sites for hydroxylation is 1. The van der Waals surface area contributed by atoms with Gasteiger partial charge in [0.1, 0.15) is 0 Å². The number of ether oxygens (including phenoxy) is 3. The molecule has 9 heteroatoms. The third-order valence-electron chi connectivity index (χ3n) is 4.04. The Balaban J connectivity index is 0.00000392. The molecular weight excluding hydrogens is 491 g/mol. The highest BCUT2D eigenvalue weighted by molar-refractivity contribution is 14.0. The molecule has 2 rings (SSSR count). The van der Waals surface area contributed by atoms with Crippen molar-refractivity contribution in [1.82, 2.24) is 15.6 Å². The molecule has 0 radical (unpaired) electrons. The van der Waals surface area contributed by atoms with Gasteiger partial charge in [0.25, 0.3) is 0 Å². The fourth-order valence-electron chi connectivity index (χ4n) is 2.73. The van der Waals surface area contributed by atoms with E-state index in [0.29, 0.717) is 23.8 Å². The Labute approximate surface area is 187 Å². The maximum absolute atomic E-state index is 5.52. The molecule has 0 aliphatic heterocycles. The fourth-order valence-corrected chi connectivity index (χ4v) is 3.38. The summed E-state index contributed by atoms with van der Waals surface area (Å²) in [5.74, 6) is 2.72. The lowest BCUT2D eigenvalue weighted by molar-refractivity contribution is 0.322. The van der Waals surface area contributed by atoms with Crippen LogP contribution >= 0.6 is 35.3 Å². The van der Waals surface area contributed by atoms with Gasteiger partial charge < -0.3 is 24.8 Å². The summed E-state index contributed by atoms with van der Waals surface area (Å²) in [6.45, 7) is 3.51. The Morgan fingerprint density at radius 2 is 1.71 bits per heavy atom. The van der Waals surface area contributed by atoms with E-state index in [2.05, 4.69) is 26.0 Å². The number of halogens is 1. The number of nitrogens with zero attached hydrogens (tertiary/aromatic N) is 2. The first kappa shape index (κ1) is 24.3. The maximum Gasteiger partial charge on any atom is 0.203 e. The number of aromatic nitrogens is 1. The summed E-state index contributed by atoms with van der Waals surface area (Å²) < 4.78 is 16.3. The summed E-state index contributed by atoms with van der Waals surface area (Å²) in [5.41, 5.74) is 2.14. The van der Waals surface area contributed by atoms with Crippen molar-refractivity contribution in [2.75, 3.05) is 41.5 Å². The van der Waals surface area contributed by atoms with E-state index < -0.39 is 0 Å². The molecule has 1 heterocycles. The third kappa shape index (κ3) is 6.69. The van der Waals surface area contributed by atoms with E-state index in [1.54, 1.807) is 39.7 Å². The van der Waals surface area contributed by atoms with Crippen LogP contribution in [0, 0.1) is 6.92 Å². The molecule has 0 aliphatic carbocycles. The van der Waals surface area contributed by atoms with Crippen molar-refractivity contribution in [3.8, 4) is 17.2 Å². The van der Waals surface area contributed by atoms with Gasteiger partial charge in [0.15, 0.2) is 17.5 Å². The van der Waals surface area contributed by atoms with Gasteiger partial charge in [0.2, 0.25) is 5.75 Å². The highest BCUT2D eigenvalue weighted by Crippen LogP contribution is 2.39. The SMILES string of the molecule is CN=C(NCCc1csc(C)n1)NCCc1ccc(OC)c(OC)c1OC.I. The molecule has 7 nitrogen and oxygen atoms in total. The zero-order valence-corrected chi connectivity index (χ0v) is 20.1. The topological polar surface area (TPSA) is 77.0 Å². The predicted molar refractivity (Wildman–Crippen MR) is 125 cm³/mol. The van der Waals surface area contributed by atoms with Crippen LogP contribution in [0.4, 0.5) is 0 Å². The molecule has 0 fully saturated rings. The second-order valence-electron chi connectivity index (χ2n) is 5.78. The predicted octanol–water partition coefficient (Wildman–Crippen LogP) is 3.05. The first-order valence-corrected chi connectivity index (χ1v) is 9.64. The maximum atomic E-state index is 5.52. The van der Waals surface area contributed by atoms with E-state index in [1.807, 2.05) is 19.1 Å². The van der Waals surface area contributed by atoms with Crippen LogP contribution in [-0.2, 0) is 12.8 Å². The zero-order valence-electron chi connectivity index (χ0n) is 17.0. The van der Waals surface area contributed by atoms with Crippen molar-refractivity contribution in [2.45, 2.75) is 19.8 Å². The molecule has 0 unspecified atom stereocenters. The Kier molecular flexibility index (Phi) is 11.0. The van der Waals surface area contributed by atoms with Crippen LogP contribution < -0.4 is 24.8 Å². The van der Waals surface area contributed by atoms with Crippen LogP contribution in [0.1, 0.15) is 16.3 Å². The average molecular weight is 520 g/mol. The monoisotopic (exact) mass is 520 g/mol. The van der Waals surface area contributed by atoms with E-state index in [1.165, 1.54) is 0 Å². The van der Waals surface area contributed by atoms with E-state index in [9.17, 15) is 0 Å². The van der Waals surface area contributed by atoms with Crippen molar-refractivity contribution < 1.29 is 14.2 Å². The number of nitrogens with one attached hydrogen (secondary N) is 2. The largest absolute Gasteiger partial charge is 0.493 e. The first-order valence-electron chi connectivity index (χ1n) is 8.76. The smallest absolute Gasteiger partial charge is 0.203 e. The van der Waals surface area contributed by atoms with Crippen molar-refractivity contribution >= 4 is 41.3 Å². The Hall–Kier alpha value is -1.75. The minimum Gasteiger partial charge on any atom is -0.493 e. The molecule has 2 aromatic rings. The quantitative estimate of drug-likeness (QED) is 0.301. The summed E-state index contributed by atoms with van der Waals surface area (Å²) in [6.07, 6.45) is 1.63. The van der Waals surface area contributed by atoms with Gasteiger partial charge in [0.05, 0.1) is 32.0 Å². The number of rotatable bonds is 9. The summed E-state index contributed by atoms with van der Waals surface area (Å²) >= 11 is 1.67. The Morgan fingerprint density at radius 3 is 2.25 bits per heavy atom. The van der Waals surface area contributed by atoms with Crippen LogP contribution in [-0.4, -0.2) is 52.4 Å². The number of benzene rings is 1. The van der Waals surface area contributed by atoms with Gasteiger partial charge in [0, 0.05) is 37.5 Å². The molecule has 2 N–H and O–H groups in total. The Bertz CT molecular complexity index is 768. The molecule has 0 saturated carbocycles. The third-order valence-corrected chi connectivity index (χ3v) is 4.86. The fraction of sp³-hybridized carbons (Fsp3) is 0.474. The molecular formula is C19H29IN4O3S. The second kappa shape index (κ2) is 12.7. The number of methoxy groups -OCH3 is 3. The van der Waals surface area contributed by atoms with Crippen molar-refractivity contribution in [3.05, 3.63) is 33.8 Å². The molecule has 1 aromatic carbocycles. The van der Waals surface area contributed by atoms with Crippen LogP contribution in [0.25, 0.3) is 0 Å². The van der Waals surface area contributed by atoms with Crippen LogP contribution in [0.5, 0.6) is 17.2 Å². The first-order chi connectivity index (χ1) is 13.1. The lowest BCUT2D eigenvalue weighted by atomic mass is 10.1. The van der Waals surface area contributed by atoms with Gasteiger partial charge in [-0.2, -0.15) is 0 Å². The molecule has 0 atom stereocenters. The van der Waals surface area contributed by atoms with Crippen LogP contribution in [0.2, 0.25) is 0 Å². The van der Waals surface area contributed by atoms with Gasteiger partial charge in [-0.1, -0.05) is 6.07 Å². The van der Waals surface area contributed by atoms with Crippen molar-refractivity contribution in [3.63, 3.8) is 0 Å². The molecule has 0 aliphatic rings. The molecule has 28 heavy (non-hydrogen) atoms. The summed E-state index contributed by atoms with van der Waals surface area (Å²) in [4.78, 5) is 8.73. The second-order valence-corrected chi connectivity index (χ2v) is 6.84. The van der Waals surface area contributed by atoms with Crippen molar-refractivity contribution in [1.29, 1.82) is 0 Å². The normalized spacial score (nSPS) is 10.8. The van der Waals surface area contributed by atoms with E-state index in [-0.39, 0.29) is 24.0 Å². The average Bonchev–Trinajstić information content (AvgIpc) is 3.10. The number of hydrogen-bond donors (Lipinski definition) is 2. The number of guanidine groups is 1. The van der Waals surface area contributed by atoms with Gasteiger partial charge >= 0.3 is 0 Å². The minimum atomic E-state index is 0.